The molecule has 0 unspecified atom stereocenters. The maximum Gasteiger partial charge on any atom is 0.212 e. The number of hydrogen-bond acceptors (Lipinski definition) is 6. The largest absolute Gasteiger partial charge is 0.477 e. The zero-order chi connectivity index (χ0) is 25.0. The van der Waals surface area contributed by atoms with Crippen LogP contribution >= 0.6 is 11.6 Å². The van der Waals surface area contributed by atoms with Crippen LogP contribution in [0.3, 0.4) is 0 Å². The number of morpholine rings is 1. The van der Waals surface area contributed by atoms with E-state index in [1.165, 1.54) is 12.1 Å². The molecule has 4 atom stereocenters. The fourth-order valence-corrected chi connectivity index (χ4v) is 5.45. The molecule has 7 nitrogen and oxygen atoms in total. The molecule has 1 aromatic carbocycles. The van der Waals surface area contributed by atoms with Gasteiger partial charge in [-0.15, -0.1) is 0 Å². The summed E-state index contributed by atoms with van der Waals surface area (Å²) < 4.78 is 68.0. The van der Waals surface area contributed by atoms with E-state index in [0.717, 1.165) is 6.07 Å². The van der Waals surface area contributed by atoms with E-state index in [0.29, 0.717) is 51.1 Å². The summed E-state index contributed by atoms with van der Waals surface area (Å²) in [5.74, 6) is -2.15. The van der Waals surface area contributed by atoms with Crippen LogP contribution in [0.1, 0.15) is 6.92 Å². The first-order valence-electron chi connectivity index (χ1n) is 12.0. The summed E-state index contributed by atoms with van der Waals surface area (Å²) in [4.78, 5) is 8.92. The van der Waals surface area contributed by atoms with Gasteiger partial charge in [0.1, 0.15) is 27.9 Å². The standard InChI is InChI=1S/C25H25ClF3N3O4/c1-12-9-34-24-13(10-35-23(12)24)11-36-25-20(26)22-18(30-25)8-17(29)21(31-22)19-15(27)6-14(7-16(19)28)32-2-4-33-5-3-32/h6-8,12-13,23-24,30H,2-5,9-11H2,1H3/t12-,13+,23-,24-/m1/s1. The summed E-state index contributed by atoms with van der Waals surface area (Å²) in [6, 6.07) is 3.48. The van der Waals surface area contributed by atoms with E-state index in [1.807, 2.05) is 4.90 Å². The van der Waals surface area contributed by atoms with Gasteiger partial charge in [-0.05, 0) is 12.1 Å². The second-order valence-corrected chi connectivity index (χ2v) is 9.89. The number of aromatic nitrogens is 2. The topological polar surface area (TPSA) is 68.8 Å². The van der Waals surface area contributed by atoms with Crippen molar-refractivity contribution in [3.8, 4) is 17.1 Å². The van der Waals surface area contributed by atoms with Gasteiger partial charge in [0.2, 0.25) is 5.88 Å². The second kappa shape index (κ2) is 9.41. The predicted octanol–water partition coefficient (Wildman–Crippen LogP) is 4.57. The van der Waals surface area contributed by atoms with Crippen LogP contribution in [0, 0.1) is 29.3 Å². The number of nitrogens with one attached hydrogen (secondary N) is 1. The Morgan fingerprint density at radius 1 is 1.06 bits per heavy atom. The minimum Gasteiger partial charge on any atom is -0.477 e. The zero-order valence-corrected chi connectivity index (χ0v) is 20.3. The average molecular weight is 524 g/mol. The first kappa shape index (κ1) is 23.8. The molecule has 3 fully saturated rings. The van der Waals surface area contributed by atoms with Gasteiger partial charge in [0.05, 0.1) is 56.3 Å². The second-order valence-electron chi connectivity index (χ2n) is 9.51. The van der Waals surface area contributed by atoms with Crippen molar-refractivity contribution in [1.82, 2.24) is 9.97 Å². The molecule has 0 bridgehead atoms. The highest BCUT2D eigenvalue weighted by molar-refractivity contribution is 6.36. The Kier molecular flexibility index (Phi) is 6.23. The Morgan fingerprint density at radius 3 is 2.53 bits per heavy atom. The molecule has 1 N–H and O–H groups in total. The highest BCUT2D eigenvalue weighted by Crippen LogP contribution is 2.39. The lowest BCUT2D eigenvalue weighted by Gasteiger charge is -2.29. The molecule has 0 saturated carbocycles. The number of fused-ring (bicyclic) bond motifs is 2. The van der Waals surface area contributed by atoms with Crippen LogP contribution in [0.25, 0.3) is 22.3 Å². The molecule has 3 saturated heterocycles. The molecule has 0 radical (unpaired) electrons. The van der Waals surface area contributed by atoms with Crippen molar-refractivity contribution in [2.24, 2.45) is 11.8 Å². The minimum atomic E-state index is -0.910. The monoisotopic (exact) mass is 523 g/mol. The molecule has 0 amide bonds. The smallest absolute Gasteiger partial charge is 0.212 e. The highest BCUT2D eigenvalue weighted by Gasteiger charge is 2.46. The van der Waals surface area contributed by atoms with Gasteiger partial charge in [0.15, 0.2) is 5.82 Å². The van der Waals surface area contributed by atoms with E-state index < -0.39 is 28.7 Å². The summed E-state index contributed by atoms with van der Waals surface area (Å²) in [5, 5.41) is 0.105. The zero-order valence-electron chi connectivity index (χ0n) is 19.5. The summed E-state index contributed by atoms with van der Waals surface area (Å²) in [5.41, 5.74) is -0.224. The van der Waals surface area contributed by atoms with Crippen molar-refractivity contribution in [1.29, 1.82) is 0 Å². The predicted molar refractivity (Wildman–Crippen MR) is 127 cm³/mol. The van der Waals surface area contributed by atoms with Crippen LogP contribution < -0.4 is 9.64 Å². The molecule has 0 spiro atoms. The Hall–Kier alpha value is -2.53. The molecule has 6 rings (SSSR count). The molecular weight excluding hydrogens is 499 g/mol. The van der Waals surface area contributed by atoms with Gasteiger partial charge >= 0.3 is 0 Å². The molecule has 5 heterocycles. The van der Waals surface area contributed by atoms with Crippen molar-refractivity contribution >= 4 is 28.3 Å². The molecule has 3 aliphatic heterocycles. The molecule has 3 aromatic rings. The summed E-state index contributed by atoms with van der Waals surface area (Å²) in [7, 11) is 0. The summed E-state index contributed by atoms with van der Waals surface area (Å²) >= 11 is 6.49. The van der Waals surface area contributed by atoms with Crippen LogP contribution in [0.5, 0.6) is 5.88 Å². The first-order chi connectivity index (χ1) is 17.4. The number of anilines is 1. The molecule has 2 aromatic heterocycles. The van der Waals surface area contributed by atoms with E-state index >= 15 is 13.2 Å². The third-order valence-corrected chi connectivity index (χ3v) is 7.47. The lowest BCUT2D eigenvalue weighted by atomic mass is 9.98. The lowest BCUT2D eigenvalue weighted by Crippen LogP contribution is -2.36. The normalized spacial score (nSPS) is 26.1. The quantitative estimate of drug-likeness (QED) is 0.528. The number of rotatable bonds is 5. The third-order valence-electron chi connectivity index (χ3n) is 7.12. The van der Waals surface area contributed by atoms with E-state index in [9.17, 15) is 0 Å². The van der Waals surface area contributed by atoms with Crippen LogP contribution in [-0.4, -0.2) is 68.3 Å². The number of benzene rings is 1. The summed E-state index contributed by atoms with van der Waals surface area (Å²) in [6.07, 6.45) is 0.00578. The fourth-order valence-electron chi connectivity index (χ4n) is 5.20. The van der Waals surface area contributed by atoms with Crippen molar-refractivity contribution in [2.45, 2.75) is 19.1 Å². The van der Waals surface area contributed by atoms with Crippen molar-refractivity contribution < 1.29 is 32.1 Å². The van der Waals surface area contributed by atoms with Crippen LogP contribution in [0.4, 0.5) is 18.9 Å². The highest BCUT2D eigenvalue weighted by atomic mass is 35.5. The minimum absolute atomic E-state index is 0.0239. The van der Waals surface area contributed by atoms with Crippen molar-refractivity contribution in [3.63, 3.8) is 0 Å². The van der Waals surface area contributed by atoms with Gasteiger partial charge in [-0.2, -0.15) is 0 Å². The molecular formula is C25H25ClF3N3O4. The van der Waals surface area contributed by atoms with E-state index in [2.05, 4.69) is 16.9 Å². The number of ether oxygens (including phenoxy) is 4. The number of pyridine rings is 1. The average Bonchev–Trinajstić information content (AvgIpc) is 3.53. The lowest BCUT2D eigenvalue weighted by molar-refractivity contribution is 0.0527. The molecule has 36 heavy (non-hydrogen) atoms. The Labute approximate surface area is 210 Å². The van der Waals surface area contributed by atoms with Crippen LogP contribution in [0.15, 0.2) is 18.2 Å². The fraction of sp³-hybridized carbons (Fsp3) is 0.480. The van der Waals surface area contributed by atoms with Gasteiger partial charge in [0, 0.05) is 36.7 Å². The van der Waals surface area contributed by atoms with Gasteiger partial charge in [-0.3, -0.25) is 0 Å². The van der Waals surface area contributed by atoms with E-state index in [-0.39, 0.29) is 46.7 Å². The SMILES string of the molecule is C[C@@H]1CO[C@@H]2[C@H](COc3[nH]c4cc(F)c(-c5c(F)cc(N6CCOCC6)cc5F)nc4c3Cl)CO[C@@H]21. The number of H-pyrrole nitrogens is 1. The molecule has 0 aliphatic carbocycles. The number of halogens is 4. The molecule has 3 aliphatic rings. The summed E-state index contributed by atoms with van der Waals surface area (Å²) in [6.45, 7) is 5.48. The van der Waals surface area contributed by atoms with Gasteiger partial charge in [0.25, 0.3) is 0 Å². The van der Waals surface area contributed by atoms with E-state index in [1.54, 1.807) is 0 Å². The van der Waals surface area contributed by atoms with Crippen molar-refractivity contribution in [2.75, 3.05) is 51.0 Å². The maximum atomic E-state index is 15.1. The number of hydrogen-bond donors (Lipinski definition) is 1. The first-order valence-corrected chi connectivity index (χ1v) is 12.3. The van der Waals surface area contributed by atoms with Gasteiger partial charge < -0.3 is 28.8 Å². The van der Waals surface area contributed by atoms with Gasteiger partial charge in [-0.1, -0.05) is 18.5 Å². The Morgan fingerprint density at radius 2 is 1.78 bits per heavy atom. The number of aromatic amines is 1. The molecule has 11 heteroatoms. The Bertz CT molecular complexity index is 1280. The Balaban J connectivity index is 1.27. The van der Waals surface area contributed by atoms with Crippen molar-refractivity contribution in [3.05, 3.63) is 40.7 Å². The maximum absolute atomic E-state index is 15.1. The number of nitrogens with zero attached hydrogens (tertiary/aromatic N) is 2. The third kappa shape index (κ3) is 4.09. The molecule has 192 valence electrons. The van der Waals surface area contributed by atoms with Crippen LogP contribution in [0.2, 0.25) is 5.02 Å². The van der Waals surface area contributed by atoms with Crippen LogP contribution in [-0.2, 0) is 14.2 Å². The van der Waals surface area contributed by atoms with E-state index in [4.69, 9.17) is 30.5 Å². The van der Waals surface area contributed by atoms with Gasteiger partial charge in [-0.25, -0.2) is 18.2 Å².